The quantitative estimate of drug-likeness (QED) is 0.635. The summed E-state index contributed by atoms with van der Waals surface area (Å²) in [6.45, 7) is 6.76. The van der Waals surface area contributed by atoms with Gasteiger partial charge in [0.05, 0.1) is 13.2 Å². The van der Waals surface area contributed by atoms with Crippen molar-refractivity contribution in [2.24, 2.45) is 0 Å². The molecular formula is C10H16ClNO2. The second-order valence-corrected chi connectivity index (χ2v) is 3.99. The number of rotatable bonds is 6. The molecule has 0 bridgehead atoms. The van der Waals surface area contributed by atoms with Gasteiger partial charge in [0.2, 0.25) is 0 Å². The number of hydrogen-bond acceptors (Lipinski definition) is 3. The molecule has 1 aliphatic carbocycles. The Hall–Kier alpha value is -0.540. The molecule has 0 radical (unpaired) electrons. The molecule has 0 aromatic heterocycles. The highest BCUT2D eigenvalue weighted by Crippen LogP contribution is 2.27. The van der Waals surface area contributed by atoms with E-state index < -0.39 is 0 Å². The number of carbonyl (C=O) groups is 1. The van der Waals surface area contributed by atoms with Crippen molar-refractivity contribution in [3.8, 4) is 0 Å². The lowest BCUT2D eigenvalue weighted by atomic mass is 10.4. The van der Waals surface area contributed by atoms with E-state index in [-0.39, 0.29) is 5.97 Å². The van der Waals surface area contributed by atoms with Gasteiger partial charge in [-0.05, 0) is 19.8 Å². The van der Waals surface area contributed by atoms with Crippen molar-refractivity contribution in [3.05, 3.63) is 11.6 Å². The molecule has 0 amide bonds. The first-order valence-corrected chi connectivity index (χ1v) is 5.24. The number of nitrogens with zero attached hydrogens (tertiary/aromatic N) is 1. The molecule has 0 aromatic carbocycles. The molecule has 1 aliphatic rings. The van der Waals surface area contributed by atoms with E-state index in [1.807, 2.05) is 4.90 Å². The first kappa shape index (κ1) is 11.5. The van der Waals surface area contributed by atoms with Crippen LogP contribution in [0.5, 0.6) is 0 Å². The zero-order valence-electron chi connectivity index (χ0n) is 8.46. The van der Waals surface area contributed by atoms with Gasteiger partial charge in [-0.15, -0.1) is 0 Å². The molecule has 0 spiro atoms. The summed E-state index contributed by atoms with van der Waals surface area (Å²) >= 11 is 5.72. The van der Waals surface area contributed by atoms with E-state index >= 15 is 0 Å². The van der Waals surface area contributed by atoms with Crippen molar-refractivity contribution in [1.29, 1.82) is 0 Å². The Morgan fingerprint density at radius 1 is 1.57 bits per heavy atom. The Bertz CT molecular complexity index is 226. The molecule has 1 saturated carbocycles. The summed E-state index contributed by atoms with van der Waals surface area (Å²) in [7, 11) is 0. The topological polar surface area (TPSA) is 29.5 Å². The van der Waals surface area contributed by atoms with Crippen molar-refractivity contribution in [2.75, 3.05) is 19.7 Å². The highest BCUT2D eigenvalue weighted by molar-refractivity contribution is 6.29. The molecule has 0 atom stereocenters. The molecule has 0 N–H and O–H groups in total. The van der Waals surface area contributed by atoms with Crippen molar-refractivity contribution in [1.82, 2.24) is 4.90 Å². The van der Waals surface area contributed by atoms with Crippen LogP contribution in [0.15, 0.2) is 11.6 Å². The Balaban J connectivity index is 2.34. The Labute approximate surface area is 89.7 Å². The molecule has 1 fully saturated rings. The fraction of sp³-hybridized carbons (Fsp3) is 0.700. The molecule has 80 valence electrons. The first-order valence-electron chi connectivity index (χ1n) is 4.86. The van der Waals surface area contributed by atoms with Crippen LogP contribution in [0.4, 0.5) is 0 Å². The van der Waals surface area contributed by atoms with Gasteiger partial charge in [0.1, 0.15) is 0 Å². The summed E-state index contributed by atoms with van der Waals surface area (Å²) in [6.07, 6.45) is 2.28. The summed E-state index contributed by atoms with van der Waals surface area (Å²) in [6, 6.07) is 0.495. The molecule has 0 aliphatic heterocycles. The van der Waals surface area contributed by atoms with Crippen molar-refractivity contribution < 1.29 is 9.53 Å². The number of esters is 1. The van der Waals surface area contributed by atoms with Gasteiger partial charge in [-0.1, -0.05) is 18.2 Å². The van der Waals surface area contributed by atoms with Crippen LogP contribution in [0.3, 0.4) is 0 Å². The Morgan fingerprint density at radius 2 is 2.21 bits per heavy atom. The number of hydrogen-bond donors (Lipinski definition) is 0. The second kappa shape index (κ2) is 5.37. The van der Waals surface area contributed by atoms with Gasteiger partial charge >= 0.3 is 5.97 Å². The molecule has 3 nitrogen and oxygen atoms in total. The van der Waals surface area contributed by atoms with Crippen LogP contribution in [-0.4, -0.2) is 36.6 Å². The molecule has 0 unspecified atom stereocenters. The Morgan fingerprint density at radius 3 is 2.64 bits per heavy atom. The fourth-order valence-corrected chi connectivity index (χ4v) is 1.50. The lowest BCUT2D eigenvalue weighted by molar-refractivity contribution is -0.144. The van der Waals surface area contributed by atoms with E-state index in [1.54, 1.807) is 6.92 Å². The van der Waals surface area contributed by atoms with E-state index in [9.17, 15) is 4.79 Å². The van der Waals surface area contributed by atoms with E-state index in [0.717, 1.165) is 12.8 Å². The van der Waals surface area contributed by atoms with Crippen LogP contribution < -0.4 is 0 Å². The summed E-state index contributed by atoms with van der Waals surface area (Å²) in [5, 5.41) is 0.571. The van der Waals surface area contributed by atoms with Gasteiger partial charge in [0, 0.05) is 17.6 Å². The van der Waals surface area contributed by atoms with Crippen LogP contribution >= 0.6 is 11.6 Å². The minimum absolute atomic E-state index is 0.183. The maximum absolute atomic E-state index is 11.2. The van der Waals surface area contributed by atoms with E-state index in [2.05, 4.69) is 6.58 Å². The summed E-state index contributed by atoms with van der Waals surface area (Å²) < 4.78 is 4.88. The molecule has 1 rings (SSSR count). The molecule has 0 heterocycles. The van der Waals surface area contributed by atoms with Crippen LogP contribution in [-0.2, 0) is 9.53 Å². The van der Waals surface area contributed by atoms with Crippen molar-refractivity contribution in [2.45, 2.75) is 25.8 Å². The highest BCUT2D eigenvalue weighted by atomic mass is 35.5. The van der Waals surface area contributed by atoms with Crippen LogP contribution in [0.25, 0.3) is 0 Å². The lowest BCUT2D eigenvalue weighted by Gasteiger charge is -2.19. The third-order valence-electron chi connectivity index (χ3n) is 2.08. The van der Waals surface area contributed by atoms with Gasteiger partial charge in [-0.3, -0.25) is 9.69 Å². The van der Waals surface area contributed by atoms with Crippen LogP contribution in [0.2, 0.25) is 0 Å². The predicted octanol–water partition coefficient (Wildman–Crippen LogP) is 1.77. The number of carbonyl (C=O) groups excluding carboxylic acids is 1. The smallest absolute Gasteiger partial charge is 0.320 e. The summed E-state index contributed by atoms with van der Waals surface area (Å²) in [5.41, 5.74) is 0. The third-order valence-corrected chi connectivity index (χ3v) is 2.19. The van der Waals surface area contributed by atoms with Gasteiger partial charge in [0.15, 0.2) is 0 Å². The van der Waals surface area contributed by atoms with Crippen LogP contribution in [0.1, 0.15) is 19.8 Å². The minimum atomic E-state index is -0.183. The predicted molar refractivity (Wildman–Crippen MR) is 56.2 cm³/mol. The molecule has 0 aromatic rings. The van der Waals surface area contributed by atoms with Crippen LogP contribution in [0, 0.1) is 0 Å². The summed E-state index contributed by atoms with van der Waals surface area (Å²) in [5.74, 6) is -0.183. The van der Waals surface area contributed by atoms with Gasteiger partial charge in [-0.25, -0.2) is 0 Å². The second-order valence-electron chi connectivity index (χ2n) is 3.46. The molecule has 0 saturated heterocycles. The highest BCUT2D eigenvalue weighted by Gasteiger charge is 2.30. The van der Waals surface area contributed by atoms with Crippen molar-refractivity contribution in [3.63, 3.8) is 0 Å². The number of halogens is 1. The lowest BCUT2D eigenvalue weighted by Crippen LogP contribution is -2.33. The zero-order valence-corrected chi connectivity index (χ0v) is 9.22. The average molecular weight is 218 g/mol. The minimum Gasteiger partial charge on any atom is -0.465 e. The van der Waals surface area contributed by atoms with Gasteiger partial charge in [0.25, 0.3) is 0 Å². The summed E-state index contributed by atoms with van der Waals surface area (Å²) in [4.78, 5) is 13.3. The van der Waals surface area contributed by atoms with E-state index in [4.69, 9.17) is 16.3 Å². The normalized spacial score (nSPS) is 15.6. The SMILES string of the molecule is C=C(Cl)CN(CC(=O)OCC)C1CC1. The largest absolute Gasteiger partial charge is 0.465 e. The monoisotopic (exact) mass is 217 g/mol. The fourth-order valence-electron chi connectivity index (χ4n) is 1.35. The van der Waals surface area contributed by atoms with E-state index in [0.29, 0.717) is 30.8 Å². The Kier molecular flexibility index (Phi) is 4.42. The molecule has 4 heteroatoms. The van der Waals surface area contributed by atoms with Gasteiger partial charge in [-0.2, -0.15) is 0 Å². The number of ether oxygens (including phenoxy) is 1. The van der Waals surface area contributed by atoms with Crippen molar-refractivity contribution >= 4 is 17.6 Å². The van der Waals surface area contributed by atoms with E-state index in [1.165, 1.54) is 0 Å². The standard InChI is InChI=1S/C10H16ClNO2/c1-3-14-10(13)7-12(6-8(2)11)9-4-5-9/h9H,2-7H2,1H3. The third kappa shape index (κ3) is 4.11. The van der Waals surface area contributed by atoms with Gasteiger partial charge < -0.3 is 4.74 Å². The average Bonchev–Trinajstić information content (AvgIpc) is 2.84. The maximum Gasteiger partial charge on any atom is 0.320 e. The molecule has 14 heavy (non-hydrogen) atoms. The zero-order chi connectivity index (χ0) is 10.6. The molecular weight excluding hydrogens is 202 g/mol. The first-order chi connectivity index (χ1) is 6.63. The maximum atomic E-state index is 11.2.